The highest BCUT2D eigenvalue weighted by molar-refractivity contribution is 7.71. The number of thiazole rings is 1. The Bertz CT molecular complexity index is 599. The molecule has 3 rings (SSSR count). The van der Waals surface area contributed by atoms with Crippen molar-refractivity contribution in [3.8, 4) is 10.7 Å². The highest BCUT2D eigenvalue weighted by Crippen LogP contribution is 2.25. The van der Waals surface area contributed by atoms with Gasteiger partial charge in [-0.15, -0.1) is 11.3 Å². The molecule has 0 saturated carbocycles. The number of aromatic nitrogens is 4. The van der Waals surface area contributed by atoms with Crippen LogP contribution in [0, 0.1) is 10.7 Å². The van der Waals surface area contributed by atoms with Crippen LogP contribution in [0.5, 0.6) is 0 Å². The molecule has 2 aromatic heterocycles. The quantitative estimate of drug-likeness (QED) is 0.855. The van der Waals surface area contributed by atoms with Crippen molar-refractivity contribution in [3.63, 3.8) is 0 Å². The highest BCUT2D eigenvalue weighted by Gasteiger charge is 2.17. The molecule has 1 aliphatic heterocycles. The van der Waals surface area contributed by atoms with E-state index in [0.717, 1.165) is 28.2 Å². The zero-order valence-electron chi connectivity index (χ0n) is 10.8. The Labute approximate surface area is 121 Å². The predicted octanol–water partition coefficient (Wildman–Crippen LogP) is 2.82. The van der Waals surface area contributed by atoms with Crippen LogP contribution in [0.15, 0.2) is 6.20 Å². The number of likely N-dealkylation sites (tertiary alicyclic amines) is 1. The molecule has 0 amide bonds. The lowest BCUT2D eigenvalue weighted by atomic mass is 10.0. The first-order chi connectivity index (χ1) is 9.20. The lowest BCUT2D eigenvalue weighted by molar-refractivity contribution is 0.176. The molecule has 19 heavy (non-hydrogen) atoms. The van der Waals surface area contributed by atoms with E-state index in [0.29, 0.717) is 4.77 Å². The number of rotatable bonds is 3. The summed E-state index contributed by atoms with van der Waals surface area (Å²) >= 11 is 6.64. The SMILES string of the molecule is CC1CCCN(Cc2ncc(-c3nc(=S)[nH][nH]3)s2)C1. The van der Waals surface area contributed by atoms with Crippen molar-refractivity contribution in [1.29, 1.82) is 0 Å². The minimum absolute atomic E-state index is 0.481. The second-order valence-corrected chi connectivity index (χ2v) is 6.62. The fraction of sp³-hybridized carbons (Fsp3) is 0.583. The maximum Gasteiger partial charge on any atom is 0.213 e. The Morgan fingerprint density at radius 2 is 2.42 bits per heavy atom. The van der Waals surface area contributed by atoms with E-state index in [2.05, 4.69) is 32.0 Å². The number of nitrogens with zero attached hydrogens (tertiary/aromatic N) is 3. The second-order valence-electron chi connectivity index (χ2n) is 5.12. The van der Waals surface area contributed by atoms with Gasteiger partial charge >= 0.3 is 0 Å². The smallest absolute Gasteiger partial charge is 0.213 e. The Morgan fingerprint density at radius 1 is 1.53 bits per heavy atom. The third kappa shape index (κ3) is 3.10. The Balaban J connectivity index is 1.69. The van der Waals surface area contributed by atoms with E-state index in [1.165, 1.54) is 25.9 Å². The Morgan fingerprint density at radius 3 is 3.16 bits per heavy atom. The van der Waals surface area contributed by atoms with Crippen LogP contribution in [0.4, 0.5) is 0 Å². The minimum atomic E-state index is 0.481. The molecule has 0 bridgehead atoms. The molecule has 1 saturated heterocycles. The average molecular weight is 295 g/mol. The molecule has 3 heterocycles. The van der Waals surface area contributed by atoms with Crippen LogP contribution >= 0.6 is 23.6 Å². The van der Waals surface area contributed by atoms with Crippen molar-refractivity contribution in [3.05, 3.63) is 16.0 Å². The van der Waals surface area contributed by atoms with Crippen LogP contribution in [0.3, 0.4) is 0 Å². The molecule has 1 atom stereocenters. The molecule has 1 fully saturated rings. The molecule has 2 N–H and O–H groups in total. The van der Waals surface area contributed by atoms with Gasteiger partial charge in [0.15, 0.2) is 5.82 Å². The van der Waals surface area contributed by atoms with Gasteiger partial charge in [0, 0.05) is 12.7 Å². The first-order valence-electron chi connectivity index (χ1n) is 6.53. The van der Waals surface area contributed by atoms with Crippen molar-refractivity contribution in [2.24, 2.45) is 5.92 Å². The topological polar surface area (TPSA) is 60.6 Å². The average Bonchev–Trinajstić information content (AvgIpc) is 2.98. The van der Waals surface area contributed by atoms with Crippen LogP contribution in [0.2, 0.25) is 0 Å². The van der Waals surface area contributed by atoms with Gasteiger partial charge in [-0.2, -0.15) is 4.98 Å². The fourth-order valence-corrected chi connectivity index (χ4v) is 3.55. The van der Waals surface area contributed by atoms with Crippen molar-refractivity contribution in [2.75, 3.05) is 13.1 Å². The van der Waals surface area contributed by atoms with E-state index in [1.54, 1.807) is 11.3 Å². The fourth-order valence-electron chi connectivity index (χ4n) is 2.50. The lowest BCUT2D eigenvalue weighted by Gasteiger charge is -2.29. The maximum atomic E-state index is 4.96. The minimum Gasteiger partial charge on any atom is -0.296 e. The summed E-state index contributed by atoms with van der Waals surface area (Å²) in [4.78, 5) is 12.2. The van der Waals surface area contributed by atoms with E-state index >= 15 is 0 Å². The summed E-state index contributed by atoms with van der Waals surface area (Å²) in [5, 5.41) is 6.92. The van der Waals surface area contributed by atoms with Crippen molar-refractivity contribution < 1.29 is 0 Å². The van der Waals surface area contributed by atoms with Crippen molar-refractivity contribution in [2.45, 2.75) is 26.3 Å². The van der Waals surface area contributed by atoms with Gasteiger partial charge in [-0.3, -0.25) is 15.1 Å². The van der Waals surface area contributed by atoms with Gasteiger partial charge in [-0.1, -0.05) is 6.92 Å². The molecule has 1 aliphatic rings. The third-order valence-electron chi connectivity index (χ3n) is 3.39. The molecule has 2 aromatic rings. The van der Waals surface area contributed by atoms with Gasteiger partial charge in [-0.05, 0) is 37.5 Å². The monoisotopic (exact) mass is 295 g/mol. The van der Waals surface area contributed by atoms with E-state index < -0.39 is 0 Å². The normalized spacial score (nSPS) is 20.8. The first kappa shape index (κ1) is 13.0. The molecule has 5 nitrogen and oxygen atoms in total. The predicted molar refractivity (Wildman–Crippen MR) is 78.6 cm³/mol. The summed E-state index contributed by atoms with van der Waals surface area (Å²) in [5.41, 5.74) is 0. The van der Waals surface area contributed by atoms with Crippen LogP contribution < -0.4 is 0 Å². The van der Waals surface area contributed by atoms with Gasteiger partial charge in [-0.25, -0.2) is 4.98 Å². The molecule has 0 aliphatic carbocycles. The first-order valence-corrected chi connectivity index (χ1v) is 7.75. The third-order valence-corrected chi connectivity index (χ3v) is 4.57. The van der Waals surface area contributed by atoms with Gasteiger partial charge in [0.25, 0.3) is 0 Å². The van der Waals surface area contributed by atoms with E-state index in [-0.39, 0.29) is 0 Å². The number of H-pyrrole nitrogens is 2. The number of hydrogen-bond donors (Lipinski definition) is 2. The summed E-state index contributed by atoms with van der Waals surface area (Å²) in [5.74, 6) is 1.58. The molecular weight excluding hydrogens is 278 g/mol. The lowest BCUT2D eigenvalue weighted by Crippen LogP contribution is -2.33. The Hall–Kier alpha value is -1.05. The highest BCUT2D eigenvalue weighted by atomic mass is 32.1. The van der Waals surface area contributed by atoms with Crippen molar-refractivity contribution in [1.82, 2.24) is 25.1 Å². The zero-order valence-corrected chi connectivity index (χ0v) is 12.5. The number of hydrogen-bond acceptors (Lipinski definition) is 5. The Kier molecular flexibility index (Phi) is 3.76. The van der Waals surface area contributed by atoms with Crippen LogP contribution in [0.25, 0.3) is 10.7 Å². The molecule has 7 heteroatoms. The summed E-state index contributed by atoms with van der Waals surface area (Å²) < 4.78 is 0.481. The molecule has 0 aromatic carbocycles. The van der Waals surface area contributed by atoms with Gasteiger partial charge < -0.3 is 0 Å². The zero-order chi connectivity index (χ0) is 13.2. The summed E-state index contributed by atoms with van der Waals surface area (Å²) in [6.45, 7) is 5.63. The van der Waals surface area contributed by atoms with Crippen LogP contribution in [-0.4, -0.2) is 38.2 Å². The van der Waals surface area contributed by atoms with E-state index in [4.69, 9.17) is 12.2 Å². The van der Waals surface area contributed by atoms with E-state index in [1.807, 2.05) is 6.20 Å². The summed E-state index contributed by atoms with van der Waals surface area (Å²) in [6, 6.07) is 0. The molecule has 1 unspecified atom stereocenters. The number of aromatic amines is 2. The van der Waals surface area contributed by atoms with E-state index in [9.17, 15) is 0 Å². The molecular formula is C12H17N5S2. The largest absolute Gasteiger partial charge is 0.296 e. The summed E-state index contributed by atoms with van der Waals surface area (Å²) in [6.07, 6.45) is 4.52. The van der Waals surface area contributed by atoms with Crippen LogP contribution in [-0.2, 0) is 6.54 Å². The van der Waals surface area contributed by atoms with Gasteiger partial charge in [0.2, 0.25) is 4.77 Å². The molecule has 0 spiro atoms. The van der Waals surface area contributed by atoms with Crippen molar-refractivity contribution >= 4 is 23.6 Å². The number of piperidine rings is 1. The van der Waals surface area contributed by atoms with Gasteiger partial charge in [0.1, 0.15) is 5.01 Å². The van der Waals surface area contributed by atoms with Gasteiger partial charge in [0.05, 0.1) is 11.4 Å². The number of nitrogens with one attached hydrogen (secondary N) is 2. The standard InChI is InChI=1S/C12H17N5S2/c1-8-3-2-4-17(6-8)7-10-13-5-9(19-10)11-14-12(18)16-15-11/h5,8H,2-4,6-7H2,1H3,(H2,14,15,16,18). The summed E-state index contributed by atoms with van der Waals surface area (Å²) in [7, 11) is 0. The second kappa shape index (κ2) is 5.52. The molecule has 0 radical (unpaired) electrons. The molecule has 102 valence electrons. The van der Waals surface area contributed by atoms with Crippen LogP contribution in [0.1, 0.15) is 24.8 Å². The maximum absolute atomic E-state index is 4.96.